The van der Waals surface area contributed by atoms with Crippen LogP contribution in [0.2, 0.25) is 0 Å². The molecule has 2 aliphatic heterocycles. The molecule has 7 heteroatoms. The monoisotopic (exact) mass is 758 g/mol. The molecular weight excluding hydrogens is 728 g/mol. The van der Waals surface area contributed by atoms with Crippen LogP contribution >= 0.6 is 63.7 Å². The van der Waals surface area contributed by atoms with Gasteiger partial charge in [-0.25, -0.2) is 0 Å². The van der Waals surface area contributed by atoms with Gasteiger partial charge in [0.1, 0.15) is 0 Å². The minimum atomic E-state index is -0.249. The first-order chi connectivity index (χ1) is 17.8. The lowest BCUT2D eigenvalue weighted by Crippen LogP contribution is -2.42. The van der Waals surface area contributed by atoms with Crippen molar-refractivity contribution in [2.45, 2.75) is 65.0 Å². The van der Waals surface area contributed by atoms with E-state index in [4.69, 9.17) is 14.2 Å². The molecule has 0 spiro atoms. The zero-order valence-corrected chi connectivity index (χ0v) is 27.7. The highest BCUT2D eigenvalue weighted by Crippen LogP contribution is 2.34. The fourth-order valence-electron chi connectivity index (χ4n) is 5.43. The topological polar surface area (TPSA) is 27.7 Å². The fourth-order valence-corrected chi connectivity index (χ4v) is 6.41. The van der Waals surface area contributed by atoms with Gasteiger partial charge in [-0.05, 0) is 162 Å². The van der Waals surface area contributed by atoms with Crippen LogP contribution in [0, 0.1) is 25.7 Å². The van der Waals surface area contributed by atoms with Crippen LogP contribution in [-0.2, 0) is 27.1 Å². The summed E-state index contributed by atoms with van der Waals surface area (Å²) in [6.07, 6.45) is 9.90. The van der Waals surface area contributed by atoms with Gasteiger partial charge >= 0.3 is 0 Å². The Hall–Kier alpha value is -0.280. The Bertz CT molecular complexity index is 1030. The summed E-state index contributed by atoms with van der Waals surface area (Å²) in [6, 6.07) is 13.0. The van der Waals surface area contributed by atoms with E-state index >= 15 is 0 Å². The standard InChI is InChI=1S/C30H34Br4O3/c1-19-21(7-3-9-23(19)17-27(31)32)15-25-11-5-13-35-29(25)37-30-26(12-6-14-36-30)16-22-8-4-10-24(20(22)2)18-28(33)34/h3-4,7-10,17-18,25-26,29-30H,5-6,11-16H2,1-2H3. The van der Waals surface area contributed by atoms with E-state index in [0.29, 0.717) is 11.8 Å². The summed E-state index contributed by atoms with van der Waals surface area (Å²) in [5.74, 6) is 0.605. The number of rotatable bonds is 8. The highest BCUT2D eigenvalue weighted by atomic mass is 79.9. The Balaban J connectivity index is 1.49. The predicted molar refractivity (Wildman–Crippen MR) is 167 cm³/mol. The van der Waals surface area contributed by atoms with Gasteiger partial charge in [0.05, 0.1) is 6.78 Å². The molecule has 2 fully saturated rings. The van der Waals surface area contributed by atoms with Gasteiger partial charge in [-0.2, -0.15) is 0 Å². The van der Waals surface area contributed by atoms with E-state index in [9.17, 15) is 0 Å². The Labute approximate surface area is 254 Å². The fraction of sp³-hybridized carbons (Fsp3) is 0.467. The maximum atomic E-state index is 6.67. The minimum Gasteiger partial charge on any atom is -0.352 e. The third-order valence-electron chi connectivity index (χ3n) is 7.51. The van der Waals surface area contributed by atoms with Crippen LogP contribution in [0.25, 0.3) is 12.2 Å². The molecule has 37 heavy (non-hydrogen) atoms. The average Bonchev–Trinajstić information content (AvgIpc) is 2.86. The number of ether oxygens (including phenoxy) is 3. The van der Waals surface area contributed by atoms with Gasteiger partial charge in [-0.3, -0.25) is 0 Å². The molecule has 200 valence electrons. The summed E-state index contributed by atoms with van der Waals surface area (Å²) in [6.45, 7) is 5.88. The second kappa shape index (κ2) is 14.4. The molecule has 3 nitrogen and oxygen atoms in total. The summed E-state index contributed by atoms with van der Waals surface area (Å²) in [7, 11) is 0. The van der Waals surface area contributed by atoms with Crippen LogP contribution in [0.3, 0.4) is 0 Å². The molecule has 0 bridgehead atoms. The first-order valence-electron chi connectivity index (χ1n) is 12.9. The summed E-state index contributed by atoms with van der Waals surface area (Å²) >= 11 is 14.0. The average molecular weight is 762 g/mol. The molecule has 0 amide bonds. The van der Waals surface area contributed by atoms with Crippen LogP contribution in [0.15, 0.2) is 43.2 Å². The molecule has 0 saturated carbocycles. The van der Waals surface area contributed by atoms with Crippen molar-refractivity contribution >= 4 is 75.9 Å². The van der Waals surface area contributed by atoms with Crippen molar-refractivity contribution < 1.29 is 14.2 Å². The predicted octanol–water partition coefficient (Wildman–Crippen LogP) is 9.79. The molecule has 2 saturated heterocycles. The zero-order chi connectivity index (χ0) is 26.4. The summed E-state index contributed by atoms with van der Waals surface area (Å²) in [5.41, 5.74) is 7.72. The van der Waals surface area contributed by atoms with Crippen molar-refractivity contribution in [2.24, 2.45) is 11.8 Å². The molecule has 2 aliphatic rings. The smallest absolute Gasteiger partial charge is 0.163 e. The molecule has 4 rings (SSSR count). The number of benzene rings is 2. The van der Waals surface area contributed by atoms with E-state index in [-0.39, 0.29) is 12.6 Å². The van der Waals surface area contributed by atoms with Gasteiger partial charge in [0.15, 0.2) is 12.6 Å². The van der Waals surface area contributed by atoms with Crippen molar-refractivity contribution in [1.29, 1.82) is 0 Å². The van der Waals surface area contributed by atoms with Gasteiger partial charge in [0.25, 0.3) is 0 Å². The largest absolute Gasteiger partial charge is 0.352 e. The quantitative estimate of drug-likeness (QED) is 0.268. The normalized spacial score (nSPS) is 23.9. The van der Waals surface area contributed by atoms with Crippen LogP contribution < -0.4 is 0 Å². The molecule has 0 aliphatic carbocycles. The third-order valence-corrected chi connectivity index (χ3v) is 8.43. The first kappa shape index (κ1) is 29.7. The van der Waals surface area contributed by atoms with Crippen molar-refractivity contribution in [3.8, 4) is 0 Å². The molecule has 4 atom stereocenters. The Morgan fingerprint density at radius 1 is 0.757 bits per heavy atom. The third kappa shape index (κ3) is 8.36. The van der Waals surface area contributed by atoms with Gasteiger partial charge in [0.2, 0.25) is 0 Å². The lowest BCUT2D eigenvalue weighted by Gasteiger charge is -2.38. The van der Waals surface area contributed by atoms with E-state index < -0.39 is 0 Å². The summed E-state index contributed by atoms with van der Waals surface area (Å²) in [5, 5.41) is 0. The lowest BCUT2D eigenvalue weighted by molar-refractivity contribution is -0.296. The van der Waals surface area contributed by atoms with Crippen LogP contribution in [0.4, 0.5) is 0 Å². The number of halogens is 4. The molecule has 0 radical (unpaired) electrons. The van der Waals surface area contributed by atoms with E-state index in [1.807, 2.05) is 0 Å². The molecule has 0 aromatic heterocycles. The highest BCUT2D eigenvalue weighted by molar-refractivity contribution is 9.28. The summed E-state index contributed by atoms with van der Waals surface area (Å²) in [4.78, 5) is 0. The maximum Gasteiger partial charge on any atom is 0.163 e. The Morgan fingerprint density at radius 3 is 1.59 bits per heavy atom. The Kier molecular flexibility index (Phi) is 11.5. The van der Waals surface area contributed by atoms with Crippen molar-refractivity contribution in [3.05, 3.63) is 76.6 Å². The molecule has 0 N–H and O–H groups in total. The van der Waals surface area contributed by atoms with E-state index in [0.717, 1.165) is 58.5 Å². The van der Waals surface area contributed by atoms with Crippen molar-refractivity contribution in [1.82, 2.24) is 0 Å². The van der Waals surface area contributed by atoms with Crippen molar-refractivity contribution in [2.75, 3.05) is 13.2 Å². The highest BCUT2D eigenvalue weighted by Gasteiger charge is 2.35. The molecule has 4 unspecified atom stereocenters. The molecular formula is C30H34Br4O3. The van der Waals surface area contributed by atoms with Crippen LogP contribution in [0.5, 0.6) is 0 Å². The minimum absolute atomic E-state index is 0.249. The van der Waals surface area contributed by atoms with Gasteiger partial charge < -0.3 is 14.2 Å². The molecule has 2 aromatic carbocycles. The molecule has 2 heterocycles. The SMILES string of the molecule is Cc1c(C=C(Br)Br)cccc1CC1CCCOC1OC1OCCCC1Cc1cccc(C=C(Br)Br)c1C. The number of hydrogen-bond donors (Lipinski definition) is 0. The van der Waals surface area contributed by atoms with Crippen molar-refractivity contribution in [3.63, 3.8) is 0 Å². The van der Waals surface area contributed by atoms with E-state index in [1.165, 1.54) is 33.4 Å². The van der Waals surface area contributed by atoms with Gasteiger partial charge in [-0.15, -0.1) is 0 Å². The second-order valence-corrected chi connectivity index (χ2v) is 15.5. The zero-order valence-electron chi connectivity index (χ0n) is 21.3. The summed E-state index contributed by atoms with van der Waals surface area (Å²) < 4.78 is 21.0. The molecule has 2 aromatic rings. The van der Waals surface area contributed by atoms with Crippen LogP contribution in [0.1, 0.15) is 59.1 Å². The first-order valence-corrected chi connectivity index (χ1v) is 16.1. The van der Waals surface area contributed by atoms with E-state index in [2.05, 4.69) is 126 Å². The number of hydrogen-bond acceptors (Lipinski definition) is 3. The maximum absolute atomic E-state index is 6.67. The van der Waals surface area contributed by atoms with E-state index in [1.54, 1.807) is 0 Å². The lowest BCUT2D eigenvalue weighted by atomic mass is 9.88. The Morgan fingerprint density at radius 2 is 1.19 bits per heavy atom. The van der Waals surface area contributed by atoms with Gasteiger partial charge in [-0.1, -0.05) is 36.4 Å². The van der Waals surface area contributed by atoms with Crippen LogP contribution in [-0.4, -0.2) is 25.8 Å². The van der Waals surface area contributed by atoms with Gasteiger partial charge in [0, 0.05) is 25.0 Å². The second-order valence-electron chi connectivity index (χ2n) is 9.96.